The summed E-state index contributed by atoms with van der Waals surface area (Å²) in [4.78, 5) is 116. The number of nitrogens with zero attached hydrogens (tertiary/aromatic N) is 4. The topological polar surface area (TPSA) is 365 Å². The number of furan rings is 2. The molecule has 0 atom stereocenters. The monoisotopic (exact) mass is 954 g/mol. The molecular formula is C45H38N4O20. The molecule has 0 saturated heterocycles. The van der Waals surface area contributed by atoms with Crippen LogP contribution in [0, 0.1) is 0 Å². The number of ether oxygens (including phenoxy) is 2. The van der Waals surface area contributed by atoms with Crippen LogP contribution in [0.25, 0.3) is 0 Å². The van der Waals surface area contributed by atoms with Crippen LogP contribution in [-0.4, -0.2) is 142 Å². The van der Waals surface area contributed by atoms with Gasteiger partial charge < -0.3 is 53.9 Å². The van der Waals surface area contributed by atoms with Crippen molar-refractivity contribution in [2.24, 2.45) is 10.2 Å². The molecule has 0 amide bonds. The second-order valence-corrected chi connectivity index (χ2v) is 13.0. The third kappa shape index (κ3) is 17.8. The highest BCUT2D eigenvalue weighted by Crippen LogP contribution is 2.22. The third-order valence-corrected chi connectivity index (χ3v) is 7.72. The van der Waals surface area contributed by atoms with E-state index in [1.165, 1.54) is 30.7 Å². The van der Waals surface area contributed by atoms with E-state index in [9.17, 15) is 52.7 Å². The molecule has 0 spiro atoms. The number of hydrogen-bond donors (Lipinski definition) is 5. The molecule has 69 heavy (non-hydrogen) atoms. The molecule has 4 heterocycles. The number of hydrogen-bond acceptors (Lipinski definition) is 19. The molecule has 24 nitrogen and oxygen atoms in total. The van der Waals surface area contributed by atoms with Gasteiger partial charge in [-0.2, -0.15) is 10.2 Å². The average molecular weight is 955 g/mol. The number of carbonyl (C=O) groups is 11. The lowest BCUT2D eigenvalue weighted by Gasteiger charge is -2.04. The SMILES string of the molecule is CN(C)/N=C/c1cccc2c1C(=O)OC2=O.CN(C)/N=C/c1ccco1.O=C(O)c1cccc(C(=O)O)c1C(=O)O.O=C1C=CC(=O)O1.O=Cc1cccc(C(=O)O)c1C(=O)O.O=Cc1ccco1. The normalized spacial score (nSPS) is 11.5. The molecule has 7 rings (SSSR count). The second kappa shape index (κ2) is 27.3. The Kier molecular flexibility index (Phi) is 21.7. The number of carboxylic acid groups (broad SMARTS) is 5. The molecule has 3 aromatic carbocycles. The van der Waals surface area contributed by atoms with E-state index in [4.69, 9.17) is 29.9 Å². The number of hydrazone groups is 2. The fourth-order valence-electron chi connectivity index (χ4n) is 4.87. The van der Waals surface area contributed by atoms with Crippen molar-refractivity contribution in [2.45, 2.75) is 0 Å². The standard InChI is InChI=1S/C11H10N2O3.C9H6O6.C9H6O5.C7H10N2O.C5H4O2.C4H2O3/c1-13(2)12-6-7-4-3-5-8-9(7)11(15)16-10(8)14;10-7(11)4-2-1-3-5(8(12)13)6(4)9(14)15;10-4-5-2-1-3-6(8(11)12)7(5)9(13)14;1-9(2)8-6-7-4-3-5-10-7;6-4-5-2-1-3-7-5;5-3-1-2-4(6)7-3/h3-6H,1-2H3;1-3H,(H,10,11)(H,12,13)(H,14,15);1-4H,(H,11,12)(H,13,14);3-6H,1-2H3;1-4H;1-2H/b12-6+;;;8-6+;;. The zero-order valence-electron chi connectivity index (χ0n) is 36.3. The Morgan fingerprint density at radius 2 is 0.942 bits per heavy atom. The number of benzene rings is 3. The first-order valence-electron chi connectivity index (χ1n) is 18.8. The number of carboxylic acids is 5. The molecule has 5 N–H and O–H groups in total. The summed E-state index contributed by atoms with van der Waals surface area (Å²) in [6, 6.07) is 18.9. The Hall–Kier alpha value is -10.1. The number of carbonyl (C=O) groups excluding carboxylic acids is 6. The van der Waals surface area contributed by atoms with Crippen LogP contribution in [0.3, 0.4) is 0 Å². The minimum atomic E-state index is -1.58. The minimum absolute atomic E-state index is 0.141. The van der Waals surface area contributed by atoms with Crippen molar-refractivity contribution >= 4 is 78.7 Å². The molecule has 0 aliphatic carbocycles. The highest BCUT2D eigenvalue weighted by Gasteiger charge is 2.31. The summed E-state index contributed by atoms with van der Waals surface area (Å²) in [5, 5.41) is 54.7. The van der Waals surface area contributed by atoms with Gasteiger partial charge in [0.25, 0.3) is 0 Å². The minimum Gasteiger partial charge on any atom is -0.478 e. The number of aromatic carboxylic acids is 5. The Labute approximate surface area is 388 Å². The lowest BCUT2D eigenvalue weighted by atomic mass is 10.0. The van der Waals surface area contributed by atoms with Crippen molar-refractivity contribution < 1.29 is 96.6 Å². The maximum Gasteiger partial charge on any atom is 0.347 e. The van der Waals surface area contributed by atoms with Gasteiger partial charge in [-0.1, -0.05) is 30.3 Å². The van der Waals surface area contributed by atoms with Crippen LogP contribution in [0.5, 0.6) is 0 Å². The highest BCUT2D eigenvalue weighted by molar-refractivity contribution is 6.18. The molecule has 0 radical (unpaired) electrons. The van der Waals surface area contributed by atoms with Gasteiger partial charge in [0.15, 0.2) is 18.3 Å². The first-order valence-corrected chi connectivity index (χ1v) is 18.8. The van der Waals surface area contributed by atoms with E-state index in [0.717, 1.165) is 36.1 Å². The number of esters is 4. The van der Waals surface area contributed by atoms with Gasteiger partial charge in [0, 0.05) is 51.5 Å². The quantitative estimate of drug-likeness (QED) is 0.0401. The van der Waals surface area contributed by atoms with Crippen LogP contribution in [0.2, 0.25) is 0 Å². The smallest absolute Gasteiger partial charge is 0.347 e. The lowest BCUT2D eigenvalue weighted by Crippen LogP contribution is -2.14. The van der Waals surface area contributed by atoms with E-state index in [-0.39, 0.29) is 16.7 Å². The predicted octanol–water partition coefficient (Wildman–Crippen LogP) is 4.46. The molecule has 0 bridgehead atoms. The molecule has 24 heteroatoms. The predicted molar refractivity (Wildman–Crippen MR) is 235 cm³/mol. The van der Waals surface area contributed by atoms with Crippen LogP contribution in [0.15, 0.2) is 123 Å². The van der Waals surface area contributed by atoms with E-state index in [1.807, 2.05) is 26.2 Å². The summed E-state index contributed by atoms with van der Waals surface area (Å²) in [7, 11) is 7.26. The molecule has 0 saturated carbocycles. The van der Waals surface area contributed by atoms with Crippen LogP contribution < -0.4 is 0 Å². The summed E-state index contributed by atoms with van der Waals surface area (Å²) in [5.74, 6) is -8.54. The van der Waals surface area contributed by atoms with Crippen LogP contribution >= 0.6 is 0 Å². The molecule has 0 fully saturated rings. The first kappa shape index (κ1) is 55.0. The van der Waals surface area contributed by atoms with E-state index >= 15 is 0 Å². The number of fused-ring (bicyclic) bond motifs is 1. The van der Waals surface area contributed by atoms with Gasteiger partial charge in [0.2, 0.25) is 0 Å². The highest BCUT2D eigenvalue weighted by atomic mass is 16.6. The van der Waals surface area contributed by atoms with Gasteiger partial charge >= 0.3 is 53.7 Å². The number of rotatable bonds is 11. The molecule has 2 aliphatic rings. The van der Waals surface area contributed by atoms with Crippen molar-refractivity contribution in [3.05, 3.63) is 165 Å². The zero-order chi connectivity index (χ0) is 51.8. The summed E-state index contributed by atoms with van der Waals surface area (Å²) in [6.45, 7) is 0. The average Bonchev–Trinajstić information content (AvgIpc) is 4.15. The molecule has 5 aromatic rings. The molecular weight excluding hydrogens is 917 g/mol. The summed E-state index contributed by atoms with van der Waals surface area (Å²) >= 11 is 0. The molecule has 358 valence electrons. The van der Waals surface area contributed by atoms with Gasteiger partial charge in [0.05, 0.1) is 63.9 Å². The first-order chi connectivity index (χ1) is 32.6. The fraction of sp³-hybridized carbons (Fsp3) is 0.0889. The van der Waals surface area contributed by atoms with Gasteiger partial charge in [-0.05, 0) is 48.5 Å². The Morgan fingerprint density at radius 1 is 0.493 bits per heavy atom. The maximum atomic E-state index is 11.4. The van der Waals surface area contributed by atoms with Crippen molar-refractivity contribution in [2.75, 3.05) is 28.2 Å². The Balaban J connectivity index is 0.000000291. The van der Waals surface area contributed by atoms with E-state index in [2.05, 4.69) is 24.1 Å². The second-order valence-electron chi connectivity index (χ2n) is 13.0. The molecule has 2 aromatic heterocycles. The third-order valence-electron chi connectivity index (χ3n) is 7.72. The summed E-state index contributed by atoms with van der Waals surface area (Å²) < 4.78 is 18.1. The van der Waals surface area contributed by atoms with Crippen LogP contribution in [-0.2, 0) is 19.1 Å². The van der Waals surface area contributed by atoms with Gasteiger partial charge in [0.1, 0.15) is 5.76 Å². The zero-order valence-corrected chi connectivity index (χ0v) is 36.3. The van der Waals surface area contributed by atoms with Crippen molar-refractivity contribution in [3.8, 4) is 0 Å². The Morgan fingerprint density at radius 3 is 1.33 bits per heavy atom. The van der Waals surface area contributed by atoms with Crippen LogP contribution in [0.1, 0.15) is 105 Å². The van der Waals surface area contributed by atoms with E-state index in [0.29, 0.717) is 29.5 Å². The largest absolute Gasteiger partial charge is 0.478 e. The van der Waals surface area contributed by atoms with Crippen molar-refractivity contribution in [1.29, 1.82) is 0 Å². The van der Waals surface area contributed by atoms with Gasteiger partial charge in [-0.15, -0.1) is 0 Å². The van der Waals surface area contributed by atoms with E-state index in [1.54, 1.807) is 66.9 Å². The molecule has 0 unspecified atom stereocenters. The summed E-state index contributed by atoms with van der Waals surface area (Å²) in [5.41, 5.74) is -1.62. The molecule has 2 aliphatic heterocycles. The number of aldehydes is 2. The summed E-state index contributed by atoms with van der Waals surface area (Å²) in [6.07, 6.45) is 9.43. The van der Waals surface area contributed by atoms with Gasteiger partial charge in [-0.25, -0.2) is 43.2 Å². The fourth-order valence-corrected chi connectivity index (χ4v) is 4.87. The van der Waals surface area contributed by atoms with E-state index < -0.39 is 76.0 Å². The maximum absolute atomic E-state index is 11.4. The van der Waals surface area contributed by atoms with Crippen molar-refractivity contribution in [1.82, 2.24) is 10.0 Å². The number of cyclic esters (lactones) is 4. The lowest BCUT2D eigenvalue weighted by molar-refractivity contribution is -0.150. The Bertz CT molecular complexity index is 2740. The van der Waals surface area contributed by atoms with Crippen LogP contribution in [0.4, 0.5) is 0 Å². The van der Waals surface area contributed by atoms with Crippen molar-refractivity contribution in [3.63, 3.8) is 0 Å². The van der Waals surface area contributed by atoms with Gasteiger partial charge in [-0.3, -0.25) is 9.59 Å².